The quantitative estimate of drug-likeness (QED) is 0.0874. The van der Waals surface area contributed by atoms with Gasteiger partial charge in [0.25, 0.3) is 0 Å². The van der Waals surface area contributed by atoms with Gasteiger partial charge in [0, 0.05) is 6.42 Å². The van der Waals surface area contributed by atoms with Crippen LogP contribution >= 0.6 is 7.26 Å². The highest BCUT2D eigenvalue weighted by Gasteiger charge is 2.45. The molecule has 2 heteroatoms. The molecular formula is C40H36OP+. The van der Waals surface area contributed by atoms with Crippen molar-refractivity contribution in [1.29, 1.82) is 0 Å². The lowest BCUT2D eigenvalue weighted by Crippen LogP contribution is -2.35. The van der Waals surface area contributed by atoms with Crippen LogP contribution in [0.3, 0.4) is 0 Å². The summed E-state index contributed by atoms with van der Waals surface area (Å²) in [6, 6.07) is 65.3. The molecule has 0 atom stereocenters. The summed E-state index contributed by atoms with van der Waals surface area (Å²) >= 11 is 0. The van der Waals surface area contributed by atoms with Crippen LogP contribution in [0.25, 0.3) is 0 Å². The van der Waals surface area contributed by atoms with E-state index in [4.69, 9.17) is 4.74 Å². The zero-order valence-electron chi connectivity index (χ0n) is 23.8. The molecular weight excluding hydrogens is 527 g/mol. The van der Waals surface area contributed by atoms with Gasteiger partial charge in [-0.25, -0.2) is 0 Å². The van der Waals surface area contributed by atoms with Crippen LogP contribution in [-0.4, -0.2) is 12.8 Å². The van der Waals surface area contributed by atoms with Crippen molar-refractivity contribution >= 4 is 23.2 Å². The van der Waals surface area contributed by atoms with Gasteiger partial charge in [-0.15, -0.1) is 0 Å². The molecule has 6 aromatic carbocycles. The van der Waals surface area contributed by atoms with Crippen LogP contribution in [0, 0.1) is 0 Å². The number of rotatable bonds is 11. The van der Waals surface area contributed by atoms with Crippen LogP contribution in [0.15, 0.2) is 182 Å². The second-order valence-electron chi connectivity index (χ2n) is 10.5. The zero-order chi connectivity index (χ0) is 28.5. The molecule has 0 amide bonds. The van der Waals surface area contributed by atoms with Gasteiger partial charge in [-0.1, -0.05) is 146 Å². The maximum atomic E-state index is 7.21. The second-order valence-corrected chi connectivity index (χ2v) is 14.1. The maximum absolute atomic E-state index is 7.21. The average Bonchev–Trinajstić information content (AvgIpc) is 3.09. The van der Waals surface area contributed by atoms with Gasteiger partial charge in [-0.2, -0.15) is 0 Å². The van der Waals surface area contributed by atoms with E-state index < -0.39 is 12.9 Å². The summed E-state index contributed by atoms with van der Waals surface area (Å²) in [4.78, 5) is 0. The fourth-order valence-electron chi connectivity index (χ4n) is 6.18. The smallest absolute Gasteiger partial charge is 0.143 e. The number of hydrogen-bond acceptors (Lipinski definition) is 1. The molecule has 0 aliphatic carbocycles. The molecule has 0 spiro atoms. The van der Waals surface area contributed by atoms with E-state index in [0.717, 1.165) is 29.3 Å². The molecule has 0 bridgehead atoms. The molecule has 0 saturated heterocycles. The van der Waals surface area contributed by atoms with Crippen LogP contribution in [-0.2, 0) is 10.3 Å². The van der Waals surface area contributed by atoms with Gasteiger partial charge in [-0.3, -0.25) is 0 Å². The van der Waals surface area contributed by atoms with E-state index in [1.807, 2.05) is 0 Å². The van der Waals surface area contributed by atoms with E-state index in [1.165, 1.54) is 15.9 Å². The van der Waals surface area contributed by atoms with Crippen LogP contribution in [0.5, 0.6) is 0 Å². The fraction of sp³-hybridized carbons (Fsp3) is 0.100. The predicted octanol–water partition coefficient (Wildman–Crippen LogP) is 8.38. The molecule has 6 rings (SSSR count). The molecule has 0 aliphatic rings. The summed E-state index contributed by atoms with van der Waals surface area (Å²) < 4.78 is 7.21. The van der Waals surface area contributed by atoms with Gasteiger partial charge in [0.05, 0.1) is 12.8 Å². The first-order valence-corrected chi connectivity index (χ1v) is 16.7. The Hall–Kier alpha value is -4.29. The SMILES string of the molecule is c1ccc(C(OCCC[P+](c2ccccc2)(c2ccccc2)c2ccccc2)(c2ccccc2)c2ccccc2)cc1. The first-order valence-electron chi connectivity index (χ1n) is 14.7. The molecule has 0 unspecified atom stereocenters. The molecule has 206 valence electrons. The summed E-state index contributed by atoms with van der Waals surface area (Å²) in [7, 11) is -1.93. The van der Waals surface area contributed by atoms with E-state index >= 15 is 0 Å². The molecule has 0 saturated carbocycles. The minimum absolute atomic E-state index is 0.618. The Morgan fingerprint density at radius 3 is 0.976 bits per heavy atom. The Morgan fingerprint density at radius 2 is 0.667 bits per heavy atom. The summed E-state index contributed by atoms with van der Waals surface area (Å²) in [6.07, 6.45) is 1.93. The highest BCUT2D eigenvalue weighted by atomic mass is 31.2. The topological polar surface area (TPSA) is 9.23 Å². The molecule has 0 aromatic heterocycles. The average molecular weight is 564 g/mol. The Kier molecular flexibility index (Phi) is 8.71. The minimum Gasteiger partial charge on any atom is -0.361 e. The third kappa shape index (κ3) is 5.47. The maximum Gasteiger partial charge on any atom is 0.143 e. The van der Waals surface area contributed by atoms with Gasteiger partial charge >= 0.3 is 0 Å². The first-order chi connectivity index (χ1) is 20.8. The first kappa shape index (κ1) is 27.9. The monoisotopic (exact) mass is 563 g/mol. The lowest BCUT2D eigenvalue weighted by atomic mass is 9.80. The summed E-state index contributed by atoms with van der Waals surface area (Å²) in [6.45, 7) is 0.618. The van der Waals surface area contributed by atoms with Gasteiger partial charge in [-0.05, 0) is 53.1 Å². The molecule has 0 aliphatic heterocycles. The molecule has 6 aromatic rings. The Balaban J connectivity index is 1.41. The minimum atomic E-state index is -1.93. The fourth-order valence-corrected chi connectivity index (χ4v) is 10.5. The van der Waals surface area contributed by atoms with Crippen molar-refractivity contribution < 1.29 is 4.74 Å². The Morgan fingerprint density at radius 1 is 0.381 bits per heavy atom. The normalized spacial score (nSPS) is 11.7. The second kappa shape index (κ2) is 13.1. The summed E-state index contributed by atoms with van der Waals surface area (Å²) in [5.41, 5.74) is 2.70. The van der Waals surface area contributed by atoms with Crippen molar-refractivity contribution in [2.45, 2.75) is 12.0 Å². The van der Waals surface area contributed by atoms with E-state index in [-0.39, 0.29) is 0 Å². The lowest BCUT2D eigenvalue weighted by molar-refractivity contribution is 0.0136. The van der Waals surface area contributed by atoms with E-state index in [0.29, 0.717) is 6.61 Å². The largest absolute Gasteiger partial charge is 0.361 e. The van der Waals surface area contributed by atoms with E-state index in [1.54, 1.807) is 0 Å². The van der Waals surface area contributed by atoms with Crippen LogP contribution in [0.1, 0.15) is 23.1 Å². The Labute approximate surface area is 250 Å². The standard InChI is InChI=1S/C40H36OP/c1-7-20-34(21-8-1)40(35-22-9-2-10-23-35,36-24-11-3-12-25-36)41-32-19-33-42(37-26-13-4-14-27-37,38-28-15-5-16-29-38)39-30-17-6-18-31-39/h1-18,20-31H,19,32-33H2/q+1. The van der Waals surface area contributed by atoms with E-state index in [2.05, 4.69) is 182 Å². The van der Waals surface area contributed by atoms with Crippen molar-refractivity contribution in [3.05, 3.63) is 199 Å². The molecule has 0 heterocycles. The summed E-state index contributed by atoms with van der Waals surface area (Å²) in [5, 5.41) is 4.22. The number of ether oxygens (including phenoxy) is 1. The van der Waals surface area contributed by atoms with Crippen molar-refractivity contribution in [1.82, 2.24) is 0 Å². The Bertz CT molecular complexity index is 1320. The van der Waals surface area contributed by atoms with Crippen molar-refractivity contribution in [2.75, 3.05) is 12.8 Å². The molecule has 42 heavy (non-hydrogen) atoms. The molecule has 0 N–H and O–H groups in total. The number of benzene rings is 6. The zero-order valence-corrected chi connectivity index (χ0v) is 24.7. The van der Waals surface area contributed by atoms with Crippen LogP contribution in [0.2, 0.25) is 0 Å². The van der Waals surface area contributed by atoms with Gasteiger partial charge in [0.1, 0.15) is 28.8 Å². The molecule has 0 fully saturated rings. The van der Waals surface area contributed by atoms with Gasteiger partial charge < -0.3 is 4.74 Å². The summed E-state index contributed by atoms with van der Waals surface area (Å²) in [5.74, 6) is 0. The van der Waals surface area contributed by atoms with Crippen LogP contribution < -0.4 is 15.9 Å². The third-order valence-electron chi connectivity index (χ3n) is 8.09. The van der Waals surface area contributed by atoms with Crippen LogP contribution in [0.4, 0.5) is 0 Å². The highest BCUT2D eigenvalue weighted by Crippen LogP contribution is 2.56. The van der Waals surface area contributed by atoms with Crippen molar-refractivity contribution in [2.24, 2.45) is 0 Å². The molecule has 0 radical (unpaired) electrons. The lowest BCUT2D eigenvalue weighted by Gasteiger charge is -2.36. The van der Waals surface area contributed by atoms with Crippen molar-refractivity contribution in [3.8, 4) is 0 Å². The van der Waals surface area contributed by atoms with Crippen molar-refractivity contribution in [3.63, 3.8) is 0 Å². The molecule has 1 nitrogen and oxygen atoms in total. The highest BCUT2D eigenvalue weighted by molar-refractivity contribution is 7.95. The number of hydrogen-bond donors (Lipinski definition) is 0. The van der Waals surface area contributed by atoms with Gasteiger partial charge in [0.2, 0.25) is 0 Å². The van der Waals surface area contributed by atoms with Gasteiger partial charge in [0.15, 0.2) is 0 Å². The third-order valence-corrected chi connectivity index (χ3v) is 12.6. The van der Waals surface area contributed by atoms with E-state index in [9.17, 15) is 0 Å². The predicted molar refractivity (Wildman–Crippen MR) is 180 cm³/mol.